The summed E-state index contributed by atoms with van der Waals surface area (Å²) in [5.74, 6) is -0.105. The topological polar surface area (TPSA) is 100 Å². The van der Waals surface area contributed by atoms with Crippen LogP contribution in [0.3, 0.4) is 0 Å². The molecule has 28 heavy (non-hydrogen) atoms. The Kier molecular flexibility index (Phi) is 10.5. The number of nitrogens with one attached hydrogen (secondary N) is 2. The molecule has 1 aliphatic heterocycles. The quantitative estimate of drug-likeness (QED) is 0.237. The SMILES string of the molecule is CN=C(NCC(=O)OC(C)(C)C)NCC1CCN(S(=O)(=O)C(F)(F)F)CC1.I. The van der Waals surface area contributed by atoms with Crippen molar-refractivity contribution in [3.8, 4) is 0 Å². The van der Waals surface area contributed by atoms with Crippen molar-refractivity contribution in [2.75, 3.05) is 33.2 Å². The van der Waals surface area contributed by atoms with Gasteiger partial charge in [-0.05, 0) is 39.5 Å². The van der Waals surface area contributed by atoms with E-state index in [2.05, 4.69) is 15.6 Å². The van der Waals surface area contributed by atoms with Gasteiger partial charge in [-0.25, -0.2) is 8.42 Å². The molecule has 0 atom stereocenters. The first-order valence-electron chi connectivity index (χ1n) is 8.49. The number of aliphatic imine (C=N–C) groups is 1. The molecule has 0 amide bonds. The lowest BCUT2D eigenvalue weighted by Crippen LogP contribution is -2.47. The first kappa shape index (κ1) is 27.2. The van der Waals surface area contributed by atoms with Crippen molar-refractivity contribution >= 4 is 45.9 Å². The van der Waals surface area contributed by atoms with Crippen molar-refractivity contribution in [2.45, 2.75) is 44.7 Å². The molecule has 0 radical (unpaired) electrons. The second-order valence-corrected chi connectivity index (χ2v) is 9.12. The highest BCUT2D eigenvalue weighted by atomic mass is 127. The van der Waals surface area contributed by atoms with Crippen LogP contribution in [0.25, 0.3) is 0 Å². The highest BCUT2D eigenvalue weighted by molar-refractivity contribution is 14.0. The molecule has 1 rings (SSSR count). The van der Waals surface area contributed by atoms with Gasteiger partial charge in [-0.1, -0.05) is 0 Å². The summed E-state index contributed by atoms with van der Waals surface area (Å²) >= 11 is 0. The Morgan fingerprint density at radius 1 is 1.18 bits per heavy atom. The molecule has 166 valence electrons. The third kappa shape index (κ3) is 8.68. The second kappa shape index (κ2) is 10.8. The van der Waals surface area contributed by atoms with E-state index in [0.29, 0.717) is 29.7 Å². The molecule has 1 saturated heterocycles. The zero-order valence-electron chi connectivity index (χ0n) is 16.3. The van der Waals surface area contributed by atoms with Crippen LogP contribution in [-0.2, 0) is 19.6 Å². The number of guanidine groups is 1. The zero-order valence-corrected chi connectivity index (χ0v) is 19.4. The molecule has 1 heterocycles. The number of esters is 1. The van der Waals surface area contributed by atoms with Gasteiger partial charge >= 0.3 is 21.5 Å². The van der Waals surface area contributed by atoms with Crippen molar-refractivity contribution in [3.05, 3.63) is 0 Å². The first-order chi connectivity index (χ1) is 12.3. The van der Waals surface area contributed by atoms with Crippen LogP contribution in [-0.4, -0.2) is 69.0 Å². The summed E-state index contributed by atoms with van der Waals surface area (Å²) in [5, 5.41) is 5.78. The summed E-state index contributed by atoms with van der Waals surface area (Å²) in [7, 11) is -3.75. The van der Waals surface area contributed by atoms with E-state index in [9.17, 15) is 26.4 Å². The maximum absolute atomic E-state index is 12.6. The number of hydrogen-bond donors (Lipinski definition) is 2. The van der Waals surface area contributed by atoms with Gasteiger partial charge in [0, 0.05) is 26.7 Å². The lowest BCUT2D eigenvalue weighted by Gasteiger charge is -2.31. The van der Waals surface area contributed by atoms with Gasteiger partial charge < -0.3 is 15.4 Å². The summed E-state index contributed by atoms with van der Waals surface area (Å²) in [6.07, 6.45) is 0.594. The number of sulfonamides is 1. The highest BCUT2D eigenvalue weighted by Crippen LogP contribution is 2.30. The molecule has 1 aliphatic rings. The van der Waals surface area contributed by atoms with Crippen LogP contribution in [0.2, 0.25) is 0 Å². The van der Waals surface area contributed by atoms with Gasteiger partial charge in [-0.15, -0.1) is 24.0 Å². The Balaban J connectivity index is 0.00000729. The predicted molar refractivity (Wildman–Crippen MR) is 110 cm³/mol. The normalized spacial score (nSPS) is 17.6. The minimum atomic E-state index is -5.27. The molecular formula is C15H28F3IN4O4S. The molecule has 2 N–H and O–H groups in total. The van der Waals surface area contributed by atoms with Crippen molar-refractivity contribution in [2.24, 2.45) is 10.9 Å². The predicted octanol–water partition coefficient (Wildman–Crippen LogP) is 1.67. The molecule has 0 saturated carbocycles. The molecule has 13 heteroatoms. The fourth-order valence-corrected chi connectivity index (χ4v) is 3.48. The lowest BCUT2D eigenvalue weighted by atomic mass is 9.98. The monoisotopic (exact) mass is 544 g/mol. The Labute approximate surface area is 180 Å². The van der Waals surface area contributed by atoms with Gasteiger partial charge in [0.05, 0.1) is 0 Å². The van der Waals surface area contributed by atoms with Crippen LogP contribution in [0.5, 0.6) is 0 Å². The number of piperidine rings is 1. The number of nitrogens with zero attached hydrogens (tertiary/aromatic N) is 2. The average molecular weight is 544 g/mol. The van der Waals surface area contributed by atoms with Gasteiger partial charge in [0.1, 0.15) is 12.1 Å². The minimum absolute atomic E-state index is 0. The van der Waals surface area contributed by atoms with E-state index >= 15 is 0 Å². The molecule has 0 spiro atoms. The van der Waals surface area contributed by atoms with E-state index in [1.165, 1.54) is 7.05 Å². The van der Waals surface area contributed by atoms with Crippen LogP contribution in [0.4, 0.5) is 13.2 Å². The summed E-state index contributed by atoms with van der Waals surface area (Å²) < 4.78 is 66.1. The molecular weight excluding hydrogens is 516 g/mol. The van der Waals surface area contributed by atoms with Crippen LogP contribution in [0.15, 0.2) is 4.99 Å². The largest absolute Gasteiger partial charge is 0.511 e. The smallest absolute Gasteiger partial charge is 0.459 e. The van der Waals surface area contributed by atoms with Gasteiger partial charge in [0.15, 0.2) is 5.96 Å². The van der Waals surface area contributed by atoms with E-state index in [1.54, 1.807) is 20.8 Å². The number of ether oxygens (including phenoxy) is 1. The highest BCUT2D eigenvalue weighted by Gasteiger charge is 2.50. The van der Waals surface area contributed by atoms with Crippen molar-refractivity contribution in [1.82, 2.24) is 14.9 Å². The standard InChI is InChI=1S/C15H27F3N4O4S.HI/c1-14(2,3)26-12(23)10-21-13(19-4)20-9-11-5-7-22(8-6-11)27(24,25)15(16,17)18;/h11H,5-10H2,1-4H3,(H2,19,20,21);1H. The molecule has 1 fully saturated rings. The van der Waals surface area contributed by atoms with Gasteiger partial charge in [-0.2, -0.15) is 17.5 Å². The summed E-state index contributed by atoms with van der Waals surface area (Å²) in [6, 6.07) is 0. The molecule has 0 bridgehead atoms. The molecule has 0 aromatic carbocycles. The Morgan fingerprint density at radius 3 is 2.14 bits per heavy atom. The number of rotatable bonds is 5. The Morgan fingerprint density at radius 2 is 1.71 bits per heavy atom. The maximum atomic E-state index is 12.6. The molecule has 0 unspecified atom stereocenters. The van der Waals surface area contributed by atoms with Gasteiger partial charge in [-0.3, -0.25) is 9.79 Å². The molecule has 0 aliphatic carbocycles. The van der Waals surface area contributed by atoms with E-state index in [1.807, 2.05) is 0 Å². The van der Waals surface area contributed by atoms with Crippen LogP contribution in [0.1, 0.15) is 33.6 Å². The second-order valence-electron chi connectivity index (χ2n) is 7.19. The number of halogens is 4. The minimum Gasteiger partial charge on any atom is -0.459 e. The van der Waals surface area contributed by atoms with E-state index in [4.69, 9.17) is 4.74 Å². The van der Waals surface area contributed by atoms with E-state index in [-0.39, 0.29) is 49.5 Å². The van der Waals surface area contributed by atoms with Gasteiger partial charge in [0.25, 0.3) is 0 Å². The van der Waals surface area contributed by atoms with Crippen LogP contribution < -0.4 is 10.6 Å². The Hall–Kier alpha value is -0.830. The third-order valence-corrected chi connectivity index (χ3v) is 5.44. The first-order valence-corrected chi connectivity index (χ1v) is 9.93. The number of carbonyl (C=O) groups excluding carboxylic acids is 1. The third-order valence-electron chi connectivity index (χ3n) is 3.81. The molecule has 0 aromatic heterocycles. The Bertz CT molecular complexity index is 643. The van der Waals surface area contributed by atoms with Crippen molar-refractivity contribution in [3.63, 3.8) is 0 Å². The van der Waals surface area contributed by atoms with Gasteiger partial charge in [0.2, 0.25) is 0 Å². The van der Waals surface area contributed by atoms with E-state index < -0.39 is 27.1 Å². The van der Waals surface area contributed by atoms with E-state index in [0.717, 1.165) is 0 Å². The van der Waals surface area contributed by atoms with Crippen molar-refractivity contribution in [1.29, 1.82) is 0 Å². The fourth-order valence-electron chi connectivity index (χ4n) is 2.50. The summed E-state index contributed by atoms with van der Waals surface area (Å²) in [5.41, 5.74) is -5.87. The molecule has 0 aromatic rings. The number of hydrogen-bond acceptors (Lipinski definition) is 5. The average Bonchev–Trinajstić information content (AvgIpc) is 2.52. The maximum Gasteiger partial charge on any atom is 0.511 e. The lowest BCUT2D eigenvalue weighted by molar-refractivity contribution is -0.153. The van der Waals surface area contributed by atoms with Crippen LogP contribution in [0, 0.1) is 5.92 Å². The molecule has 8 nitrogen and oxygen atoms in total. The van der Waals surface area contributed by atoms with Crippen LogP contribution >= 0.6 is 24.0 Å². The fraction of sp³-hybridized carbons (Fsp3) is 0.867. The summed E-state index contributed by atoms with van der Waals surface area (Å²) in [4.78, 5) is 15.6. The summed E-state index contributed by atoms with van der Waals surface area (Å²) in [6.45, 7) is 5.21. The van der Waals surface area contributed by atoms with Crippen molar-refractivity contribution < 1.29 is 31.1 Å². The number of carbonyl (C=O) groups is 1. The number of alkyl halides is 3. The zero-order chi connectivity index (χ0) is 20.9.